The summed E-state index contributed by atoms with van der Waals surface area (Å²) in [6.07, 6.45) is 2.77. The van der Waals surface area contributed by atoms with E-state index in [1.807, 2.05) is 24.1 Å². The van der Waals surface area contributed by atoms with Crippen molar-refractivity contribution < 1.29 is 4.79 Å². The Morgan fingerprint density at radius 2 is 2.11 bits per heavy atom. The second-order valence-corrected chi connectivity index (χ2v) is 5.39. The van der Waals surface area contributed by atoms with Gasteiger partial charge in [-0.2, -0.15) is 0 Å². The lowest BCUT2D eigenvalue weighted by molar-refractivity contribution is -0.134. The minimum atomic E-state index is 0.133. The molecule has 2 atom stereocenters. The van der Waals surface area contributed by atoms with Gasteiger partial charge in [0, 0.05) is 25.6 Å². The summed E-state index contributed by atoms with van der Waals surface area (Å²) >= 11 is 0. The molecule has 0 aliphatic heterocycles. The van der Waals surface area contributed by atoms with Gasteiger partial charge in [-0.05, 0) is 37.3 Å². The van der Waals surface area contributed by atoms with Gasteiger partial charge in [-0.3, -0.25) is 4.79 Å². The molecule has 0 saturated heterocycles. The highest BCUT2D eigenvalue weighted by molar-refractivity contribution is 5.79. The van der Waals surface area contributed by atoms with Gasteiger partial charge in [-0.25, -0.2) is 0 Å². The Bertz CT molecular complexity index is 430. The molecular weight excluding hydrogens is 224 g/mol. The van der Waals surface area contributed by atoms with Crippen molar-refractivity contribution in [2.75, 3.05) is 7.05 Å². The largest absolute Gasteiger partial charge is 0.341 e. The Balaban J connectivity index is 1.98. The zero-order valence-electron chi connectivity index (χ0n) is 11.2. The maximum Gasteiger partial charge on any atom is 0.225 e. The molecule has 1 amide bonds. The summed E-state index contributed by atoms with van der Waals surface area (Å²) in [5.74, 6) is 0.375. The van der Waals surface area contributed by atoms with Crippen molar-refractivity contribution in [1.82, 2.24) is 4.90 Å². The van der Waals surface area contributed by atoms with Crippen molar-refractivity contribution in [2.45, 2.75) is 38.8 Å². The Kier molecular flexibility index (Phi) is 4.02. The molecule has 2 rings (SSSR count). The Hall–Kier alpha value is -1.35. The van der Waals surface area contributed by atoms with Crippen LogP contribution in [0.5, 0.6) is 0 Å². The van der Waals surface area contributed by atoms with Gasteiger partial charge in [0.25, 0.3) is 0 Å². The lowest BCUT2D eigenvalue weighted by Crippen LogP contribution is -2.32. The van der Waals surface area contributed by atoms with Crippen LogP contribution in [0.3, 0.4) is 0 Å². The first kappa shape index (κ1) is 13.1. The fourth-order valence-corrected chi connectivity index (χ4v) is 2.67. The van der Waals surface area contributed by atoms with Gasteiger partial charge in [-0.15, -0.1) is 0 Å². The summed E-state index contributed by atoms with van der Waals surface area (Å²) in [6, 6.07) is 8.42. The lowest BCUT2D eigenvalue weighted by Gasteiger charge is -2.22. The summed E-state index contributed by atoms with van der Waals surface area (Å²) < 4.78 is 0. The minimum Gasteiger partial charge on any atom is -0.341 e. The number of nitrogens with two attached hydrogens (primary N) is 1. The molecule has 2 N–H and O–H groups in total. The predicted molar refractivity (Wildman–Crippen MR) is 73.0 cm³/mol. The third kappa shape index (κ3) is 2.91. The van der Waals surface area contributed by atoms with E-state index in [9.17, 15) is 4.79 Å². The van der Waals surface area contributed by atoms with Crippen LogP contribution >= 0.6 is 0 Å². The van der Waals surface area contributed by atoms with Crippen LogP contribution in [-0.4, -0.2) is 23.9 Å². The normalized spacial score (nSPS) is 23.1. The SMILES string of the molecule is Cc1ccccc1CN(C)C(=O)C1CCC(N)C1. The van der Waals surface area contributed by atoms with Gasteiger partial charge in [0.2, 0.25) is 5.91 Å². The highest BCUT2D eigenvalue weighted by Gasteiger charge is 2.29. The number of hydrogen-bond donors (Lipinski definition) is 1. The number of hydrogen-bond acceptors (Lipinski definition) is 2. The molecule has 1 aromatic rings. The highest BCUT2D eigenvalue weighted by Crippen LogP contribution is 2.26. The second-order valence-electron chi connectivity index (χ2n) is 5.39. The summed E-state index contributed by atoms with van der Waals surface area (Å²) in [6.45, 7) is 2.77. The first-order chi connectivity index (χ1) is 8.58. The van der Waals surface area contributed by atoms with E-state index < -0.39 is 0 Å². The maximum atomic E-state index is 12.3. The van der Waals surface area contributed by atoms with E-state index in [0.29, 0.717) is 6.54 Å². The van der Waals surface area contributed by atoms with Gasteiger partial charge >= 0.3 is 0 Å². The van der Waals surface area contributed by atoms with E-state index in [1.165, 1.54) is 11.1 Å². The van der Waals surface area contributed by atoms with Gasteiger partial charge in [0.05, 0.1) is 0 Å². The first-order valence-electron chi connectivity index (χ1n) is 6.63. The number of nitrogens with zero attached hydrogens (tertiary/aromatic N) is 1. The number of carbonyl (C=O) groups is 1. The van der Waals surface area contributed by atoms with E-state index in [4.69, 9.17) is 5.73 Å². The van der Waals surface area contributed by atoms with Crippen molar-refractivity contribution in [3.05, 3.63) is 35.4 Å². The quantitative estimate of drug-likeness (QED) is 0.887. The second kappa shape index (κ2) is 5.53. The number of benzene rings is 1. The van der Waals surface area contributed by atoms with Crippen LogP contribution in [0.25, 0.3) is 0 Å². The zero-order valence-corrected chi connectivity index (χ0v) is 11.2. The van der Waals surface area contributed by atoms with E-state index in [-0.39, 0.29) is 17.9 Å². The molecule has 1 saturated carbocycles. The highest BCUT2D eigenvalue weighted by atomic mass is 16.2. The Morgan fingerprint density at radius 1 is 1.39 bits per heavy atom. The molecule has 1 aliphatic rings. The average Bonchev–Trinajstić information content (AvgIpc) is 2.78. The van der Waals surface area contributed by atoms with Crippen molar-refractivity contribution in [2.24, 2.45) is 11.7 Å². The third-order valence-electron chi connectivity index (χ3n) is 3.87. The molecule has 0 spiro atoms. The summed E-state index contributed by atoms with van der Waals surface area (Å²) in [7, 11) is 1.89. The van der Waals surface area contributed by atoms with E-state index >= 15 is 0 Å². The maximum absolute atomic E-state index is 12.3. The van der Waals surface area contributed by atoms with Crippen molar-refractivity contribution in [1.29, 1.82) is 0 Å². The molecule has 3 heteroatoms. The molecule has 98 valence electrons. The monoisotopic (exact) mass is 246 g/mol. The van der Waals surface area contributed by atoms with E-state index in [0.717, 1.165) is 19.3 Å². The summed E-state index contributed by atoms with van der Waals surface area (Å²) in [5.41, 5.74) is 8.32. The van der Waals surface area contributed by atoms with Gasteiger partial charge < -0.3 is 10.6 Å². The molecule has 0 aromatic heterocycles. The van der Waals surface area contributed by atoms with Crippen molar-refractivity contribution in [3.63, 3.8) is 0 Å². The molecule has 18 heavy (non-hydrogen) atoms. The molecule has 0 radical (unpaired) electrons. The molecular formula is C15H22N2O. The van der Waals surface area contributed by atoms with Crippen molar-refractivity contribution >= 4 is 5.91 Å². The number of amides is 1. The first-order valence-corrected chi connectivity index (χ1v) is 6.63. The van der Waals surface area contributed by atoms with Gasteiger partial charge in [0.1, 0.15) is 0 Å². The van der Waals surface area contributed by atoms with Crippen molar-refractivity contribution in [3.8, 4) is 0 Å². The zero-order chi connectivity index (χ0) is 13.1. The van der Waals surface area contributed by atoms with Crippen LogP contribution in [0.15, 0.2) is 24.3 Å². The van der Waals surface area contributed by atoms with Gasteiger partial charge in [0.15, 0.2) is 0 Å². The molecule has 2 unspecified atom stereocenters. The predicted octanol–water partition coefficient (Wildman–Crippen LogP) is 2.08. The van der Waals surface area contributed by atoms with Crippen LogP contribution in [-0.2, 0) is 11.3 Å². The molecule has 1 aromatic carbocycles. The number of rotatable bonds is 3. The minimum absolute atomic E-state index is 0.133. The van der Waals surface area contributed by atoms with Crippen LogP contribution in [0.2, 0.25) is 0 Å². The smallest absolute Gasteiger partial charge is 0.225 e. The van der Waals surface area contributed by atoms with E-state index in [2.05, 4.69) is 19.1 Å². The topological polar surface area (TPSA) is 46.3 Å². The molecule has 1 fully saturated rings. The van der Waals surface area contributed by atoms with Crippen LogP contribution in [0, 0.1) is 12.8 Å². The number of carbonyl (C=O) groups excluding carboxylic acids is 1. The molecule has 0 heterocycles. The van der Waals surface area contributed by atoms with Crippen LogP contribution < -0.4 is 5.73 Å². The summed E-state index contributed by atoms with van der Waals surface area (Å²) in [4.78, 5) is 14.1. The van der Waals surface area contributed by atoms with Gasteiger partial charge in [-0.1, -0.05) is 24.3 Å². The fraction of sp³-hybridized carbons (Fsp3) is 0.533. The average molecular weight is 246 g/mol. The molecule has 0 bridgehead atoms. The van der Waals surface area contributed by atoms with E-state index in [1.54, 1.807) is 0 Å². The summed E-state index contributed by atoms with van der Waals surface area (Å²) in [5, 5.41) is 0. The Morgan fingerprint density at radius 3 is 2.72 bits per heavy atom. The standard InChI is InChI=1S/C15H22N2O/c1-11-5-3-4-6-13(11)10-17(2)15(18)12-7-8-14(16)9-12/h3-6,12,14H,7-10,16H2,1-2H3. The number of aryl methyl sites for hydroxylation is 1. The third-order valence-corrected chi connectivity index (χ3v) is 3.87. The molecule has 1 aliphatic carbocycles. The fourth-order valence-electron chi connectivity index (χ4n) is 2.67. The Labute approximate surface area is 109 Å². The van der Waals surface area contributed by atoms with Crippen LogP contribution in [0.1, 0.15) is 30.4 Å². The molecule has 3 nitrogen and oxygen atoms in total. The van der Waals surface area contributed by atoms with Crippen LogP contribution in [0.4, 0.5) is 0 Å². The lowest BCUT2D eigenvalue weighted by atomic mass is 10.0.